The SMILES string of the molecule is CC(O)(CO)CNC(=O)c1ccc(-n2cncn2)nc1. The van der Waals surface area contributed by atoms with Crippen LogP contribution >= 0.6 is 0 Å². The fourth-order valence-corrected chi connectivity index (χ4v) is 1.41. The van der Waals surface area contributed by atoms with Crippen LogP contribution in [0.4, 0.5) is 0 Å². The Balaban J connectivity index is 2.01. The highest BCUT2D eigenvalue weighted by atomic mass is 16.3. The van der Waals surface area contributed by atoms with E-state index in [1.165, 1.54) is 30.5 Å². The van der Waals surface area contributed by atoms with Gasteiger partial charge in [-0.25, -0.2) is 14.6 Å². The number of carbonyl (C=O) groups excluding carboxylic acids is 1. The molecule has 2 aromatic heterocycles. The molecule has 8 heteroatoms. The molecule has 106 valence electrons. The van der Waals surface area contributed by atoms with Gasteiger partial charge in [-0.05, 0) is 19.1 Å². The number of amides is 1. The molecule has 20 heavy (non-hydrogen) atoms. The summed E-state index contributed by atoms with van der Waals surface area (Å²) in [6.07, 6.45) is 4.29. The molecule has 1 unspecified atom stereocenters. The Labute approximate surface area is 115 Å². The molecular formula is C12H15N5O3. The summed E-state index contributed by atoms with van der Waals surface area (Å²) >= 11 is 0. The number of nitrogens with one attached hydrogen (secondary N) is 1. The van der Waals surface area contributed by atoms with E-state index in [4.69, 9.17) is 5.11 Å². The van der Waals surface area contributed by atoms with Gasteiger partial charge in [-0.2, -0.15) is 5.10 Å². The lowest BCUT2D eigenvalue weighted by atomic mass is 10.1. The van der Waals surface area contributed by atoms with Crippen LogP contribution < -0.4 is 5.32 Å². The van der Waals surface area contributed by atoms with E-state index in [9.17, 15) is 9.90 Å². The van der Waals surface area contributed by atoms with Gasteiger partial charge < -0.3 is 15.5 Å². The maximum Gasteiger partial charge on any atom is 0.252 e. The number of aliphatic hydroxyl groups excluding tert-OH is 1. The molecule has 0 aromatic carbocycles. The molecule has 0 spiro atoms. The highest BCUT2D eigenvalue weighted by Crippen LogP contribution is 2.05. The number of hydrogen-bond acceptors (Lipinski definition) is 6. The van der Waals surface area contributed by atoms with Gasteiger partial charge in [0.2, 0.25) is 0 Å². The smallest absolute Gasteiger partial charge is 0.252 e. The molecule has 3 N–H and O–H groups in total. The maximum absolute atomic E-state index is 11.8. The average Bonchev–Trinajstić information content (AvgIpc) is 2.99. The fraction of sp³-hybridized carbons (Fsp3) is 0.333. The second-order valence-corrected chi connectivity index (χ2v) is 4.58. The van der Waals surface area contributed by atoms with Crippen LogP contribution in [0.2, 0.25) is 0 Å². The van der Waals surface area contributed by atoms with Crippen molar-refractivity contribution >= 4 is 5.91 Å². The molecule has 0 aliphatic carbocycles. The molecule has 1 amide bonds. The van der Waals surface area contributed by atoms with Gasteiger partial charge in [0.15, 0.2) is 5.82 Å². The van der Waals surface area contributed by atoms with Crippen molar-refractivity contribution in [3.63, 3.8) is 0 Å². The Hall–Kier alpha value is -2.32. The summed E-state index contributed by atoms with van der Waals surface area (Å²) in [6.45, 7) is 0.948. The van der Waals surface area contributed by atoms with Crippen molar-refractivity contribution in [1.29, 1.82) is 0 Å². The third-order valence-electron chi connectivity index (χ3n) is 2.63. The van der Waals surface area contributed by atoms with Gasteiger partial charge >= 0.3 is 0 Å². The van der Waals surface area contributed by atoms with Gasteiger partial charge in [0, 0.05) is 12.7 Å². The van der Waals surface area contributed by atoms with E-state index in [0.717, 1.165) is 0 Å². The van der Waals surface area contributed by atoms with Gasteiger partial charge in [0.25, 0.3) is 5.91 Å². The highest BCUT2D eigenvalue weighted by molar-refractivity contribution is 5.93. The summed E-state index contributed by atoms with van der Waals surface area (Å²) in [7, 11) is 0. The Bertz CT molecular complexity index is 565. The summed E-state index contributed by atoms with van der Waals surface area (Å²) in [5.74, 6) is 0.165. The van der Waals surface area contributed by atoms with E-state index in [1.807, 2.05) is 0 Å². The first-order chi connectivity index (χ1) is 9.52. The lowest BCUT2D eigenvalue weighted by Crippen LogP contribution is -2.43. The van der Waals surface area contributed by atoms with Crippen molar-refractivity contribution < 1.29 is 15.0 Å². The van der Waals surface area contributed by atoms with Crippen LogP contribution in [-0.4, -0.2) is 54.6 Å². The van der Waals surface area contributed by atoms with Gasteiger partial charge in [0.1, 0.15) is 18.3 Å². The largest absolute Gasteiger partial charge is 0.393 e. The number of aliphatic hydroxyl groups is 2. The quantitative estimate of drug-likeness (QED) is 0.655. The van der Waals surface area contributed by atoms with Gasteiger partial charge in [-0.1, -0.05) is 0 Å². The van der Waals surface area contributed by atoms with Crippen LogP contribution in [0.5, 0.6) is 0 Å². The Morgan fingerprint density at radius 3 is 2.85 bits per heavy atom. The van der Waals surface area contributed by atoms with Crippen molar-refractivity contribution in [1.82, 2.24) is 25.1 Å². The predicted molar refractivity (Wildman–Crippen MR) is 69.2 cm³/mol. The molecule has 1 atom stereocenters. The maximum atomic E-state index is 11.8. The molecule has 0 saturated carbocycles. The van der Waals surface area contributed by atoms with E-state index < -0.39 is 12.2 Å². The number of pyridine rings is 1. The van der Waals surface area contributed by atoms with Crippen molar-refractivity contribution in [2.75, 3.05) is 13.2 Å². The molecule has 2 rings (SSSR count). The first-order valence-corrected chi connectivity index (χ1v) is 5.94. The van der Waals surface area contributed by atoms with E-state index >= 15 is 0 Å². The van der Waals surface area contributed by atoms with E-state index in [-0.39, 0.29) is 12.5 Å². The second kappa shape index (κ2) is 5.76. The molecule has 0 fully saturated rings. The number of rotatable bonds is 5. The van der Waals surface area contributed by atoms with Gasteiger partial charge in [0.05, 0.1) is 12.2 Å². The lowest BCUT2D eigenvalue weighted by molar-refractivity contribution is 0.00320. The Morgan fingerprint density at radius 1 is 1.50 bits per heavy atom. The number of nitrogens with zero attached hydrogens (tertiary/aromatic N) is 4. The Morgan fingerprint density at radius 2 is 2.30 bits per heavy atom. The summed E-state index contributed by atoms with van der Waals surface area (Å²) in [4.78, 5) is 19.7. The summed E-state index contributed by atoms with van der Waals surface area (Å²) in [5, 5.41) is 24.9. The van der Waals surface area contributed by atoms with Gasteiger partial charge in [-0.3, -0.25) is 4.79 Å². The number of aromatic nitrogens is 4. The number of hydrogen-bond donors (Lipinski definition) is 3. The summed E-state index contributed by atoms with van der Waals surface area (Å²) in [6, 6.07) is 3.22. The zero-order valence-corrected chi connectivity index (χ0v) is 10.9. The number of carbonyl (C=O) groups is 1. The van der Waals surface area contributed by atoms with Crippen LogP contribution in [-0.2, 0) is 0 Å². The van der Waals surface area contributed by atoms with Crippen LogP contribution in [0.25, 0.3) is 5.82 Å². The highest BCUT2D eigenvalue weighted by Gasteiger charge is 2.20. The molecule has 2 aromatic rings. The minimum Gasteiger partial charge on any atom is -0.393 e. The van der Waals surface area contributed by atoms with Crippen LogP contribution in [0, 0.1) is 0 Å². The summed E-state index contributed by atoms with van der Waals surface area (Å²) < 4.78 is 1.47. The average molecular weight is 277 g/mol. The van der Waals surface area contributed by atoms with Crippen LogP contribution in [0.15, 0.2) is 31.0 Å². The Kier molecular flexibility index (Phi) is 4.06. The van der Waals surface area contributed by atoms with Crippen LogP contribution in [0.3, 0.4) is 0 Å². The zero-order chi connectivity index (χ0) is 14.6. The molecule has 0 bridgehead atoms. The molecule has 8 nitrogen and oxygen atoms in total. The molecule has 0 saturated heterocycles. The lowest BCUT2D eigenvalue weighted by Gasteiger charge is -2.20. The molecular weight excluding hydrogens is 262 g/mol. The topological polar surface area (TPSA) is 113 Å². The first kappa shape index (κ1) is 14.1. The third-order valence-corrected chi connectivity index (χ3v) is 2.63. The van der Waals surface area contributed by atoms with Gasteiger partial charge in [-0.15, -0.1) is 0 Å². The standard InChI is InChI=1S/C12H15N5O3/c1-12(20,6-18)5-15-11(19)9-2-3-10(14-4-9)17-8-13-7-16-17/h2-4,7-8,18,20H,5-6H2,1H3,(H,15,19). The summed E-state index contributed by atoms with van der Waals surface area (Å²) in [5.41, 5.74) is -0.994. The second-order valence-electron chi connectivity index (χ2n) is 4.58. The van der Waals surface area contributed by atoms with Crippen molar-refractivity contribution in [2.45, 2.75) is 12.5 Å². The normalized spacial score (nSPS) is 13.8. The van der Waals surface area contributed by atoms with Crippen molar-refractivity contribution in [3.8, 4) is 5.82 Å². The zero-order valence-electron chi connectivity index (χ0n) is 10.9. The monoisotopic (exact) mass is 277 g/mol. The van der Waals surface area contributed by atoms with Crippen molar-refractivity contribution in [3.05, 3.63) is 36.5 Å². The van der Waals surface area contributed by atoms with Crippen LogP contribution in [0.1, 0.15) is 17.3 Å². The first-order valence-electron chi connectivity index (χ1n) is 5.94. The van der Waals surface area contributed by atoms with E-state index in [1.54, 1.807) is 12.1 Å². The molecule has 0 radical (unpaired) electrons. The minimum absolute atomic E-state index is 0.0485. The minimum atomic E-state index is -1.34. The molecule has 2 heterocycles. The van der Waals surface area contributed by atoms with E-state index in [0.29, 0.717) is 11.4 Å². The molecule has 0 aliphatic rings. The molecule has 0 aliphatic heterocycles. The third kappa shape index (κ3) is 3.37. The van der Waals surface area contributed by atoms with Crippen molar-refractivity contribution in [2.24, 2.45) is 0 Å². The van der Waals surface area contributed by atoms with E-state index in [2.05, 4.69) is 20.4 Å². The fourth-order valence-electron chi connectivity index (χ4n) is 1.41. The predicted octanol–water partition coefficient (Wildman–Crippen LogP) is -0.865.